The van der Waals surface area contributed by atoms with E-state index in [0.29, 0.717) is 30.3 Å². The van der Waals surface area contributed by atoms with Crippen molar-refractivity contribution in [2.45, 2.75) is 27.2 Å². The highest BCUT2D eigenvalue weighted by Crippen LogP contribution is 2.27. The van der Waals surface area contributed by atoms with Crippen molar-refractivity contribution >= 4 is 39.2 Å². The zero-order valence-corrected chi connectivity index (χ0v) is 16.9. The lowest BCUT2D eigenvalue weighted by Crippen LogP contribution is -2.30. The van der Waals surface area contributed by atoms with Crippen LogP contribution in [0.15, 0.2) is 34.8 Å². The number of nitrogens with one attached hydrogen (secondary N) is 2. The van der Waals surface area contributed by atoms with E-state index in [-0.39, 0.29) is 6.03 Å². The molecule has 0 saturated carbocycles. The topological polar surface area (TPSA) is 50.4 Å². The van der Waals surface area contributed by atoms with Crippen LogP contribution in [0.5, 0.6) is 5.75 Å². The number of ether oxygens (including phenoxy) is 1. The van der Waals surface area contributed by atoms with E-state index in [4.69, 9.17) is 16.3 Å². The van der Waals surface area contributed by atoms with Gasteiger partial charge in [-0.1, -0.05) is 45.2 Å². The van der Waals surface area contributed by atoms with Crippen molar-refractivity contribution in [2.75, 3.05) is 18.5 Å². The first-order chi connectivity index (χ1) is 11.9. The minimum Gasteiger partial charge on any atom is -0.492 e. The summed E-state index contributed by atoms with van der Waals surface area (Å²) >= 11 is 9.44. The van der Waals surface area contributed by atoms with Gasteiger partial charge >= 0.3 is 6.03 Å². The SMILES string of the molecule is Cc1cc(C)c(NC(=O)NCCCOc2ccc(Br)cc2Cl)c(C)c1. The van der Waals surface area contributed by atoms with E-state index in [1.165, 1.54) is 5.56 Å². The predicted molar refractivity (Wildman–Crippen MR) is 107 cm³/mol. The van der Waals surface area contributed by atoms with Crippen molar-refractivity contribution < 1.29 is 9.53 Å². The number of benzene rings is 2. The third-order valence-corrected chi connectivity index (χ3v) is 4.46. The molecule has 2 aromatic rings. The largest absolute Gasteiger partial charge is 0.492 e. The van der Waals surface area contributed by atoms with E-state index < -0.39 is 0 Å². The molecule has 134 valence electrons. The van der Waals surface area contributed by atoms with Gasteiger partial charge in [-0.2, -0.15) is 0 Å². The number of rotatable bonds is 6. The van der Waals surface area contributed by atoms with Crippen LogP contribution in [0, 0.1) is 20.8 Å². The number of hydrogen-bond acceptors (Lipinski definition) is 2. The molecule has 0 unspecified atom stereocenters. The fraction of sp³-hybridized carbons (Fsp3) is 0.316. The van der Waals surface area contributed by atoms with E-state index in [0.717, 1.165) is 21.3 Å². The standard InChI is InChI=1S/C19H22BrClN2O2/c1-12-9-13(2)18(14(3)10-12)23-19(24)22-7-4-8-25-17-6-5-15(20)11-16(17)21/h5-6,9-11H,4,7-8H2,1-3H3,(H2,22,23,24). The number of carbonyl (C=O) groups is 1. The second-order valence-electron chi connectivity index (χ2n) is 5.93. The fourth-order valence-electron chi connectivity index (χ4n) is 2.58. The summed E-state index contributed by atoms with van der Waals surface area (Å²) in [6, 6.07) is 9.37. The van der Waals surface area contributed by atoms with Crippen molar-refractivity contribution in [2.24, 2.45) is 0 Å². The number of amides is 2. The van der Waals surface area contributed by atoms with Gasteiger partial charge in [0.1, 0.15) is 5.75 Å². The van der Waals surface area contributed by atoms with Crippen LogP contribution in [0.3, 0.4) is 0 Å². The Hall–Kier alpha value is -1.72. The summed E-state index contributed by atoms with van der Waals surface area (Å²) in [4.78, 5) is 12.0. The Morgan fingerprint density at radius 1 is 1.16 bits per heavy atom. The smallest absolute Gasteiger partial charge is 0.319 e. The van der Waals surface area contributed by atoms with Gasteiger partial charge in [0.05, 0.1) is 11.6 Å². The molecule has 0 saturated heterocycles. The molecule has 0 radical (unpaired) electrons. The molecule has 0 aliphatic carbocycles. The van der Waals surface area contributed by atoms with Gasteiger partial charge in [-0.25, -0.2) is 4.79 Å². The van der Waals surface area contributed by atoms with E-state index in [9.17, 15) is 4.79 Å². The molecular weight excluding hydrogens is 404 g/mol. The highest BCUT2D eigenvalue weighted by Gasteiger charge is 2.08. The number of aryl methyl sites for hydroxylation is 3. The highest BCUT2D eigenvalue weighted by molar-refractivity contribution is 9.10. The van der Waals surface area contributed by atoms with E-state index in [1.54, 1.807) is 6.07 Å². The van der Waals surface area contributed by atoms with E-state index in [2.05, 4.69) is 38.7 Å². The maximum absolute atomic E-state index is 12.0. The lowest BCUT2D eigenvalue weighted by Gasteiger charge is -2.14. The molecule has 0 bridgehead atoms. The van der Waals surface area contributed by atoms with Gasteiger partial charge in [0.2, 0.25) is 0 Å². The van der Waals surface area contributed by atoms with Crippen LogP contribution < -0.4 is 15.4 Å². The lowest BCUT2D eigenvalue weighted by molar-refractivity contribution is 0.250. The van der Waals surface area contributed by atoms with Gasteiger partial charge in [0, 0.05) is 16.7 Å². The molecule has 2 amide bonds. The zero-order chi connectivity index (χ0) is 18.4. The first-order valence-corrected chi connectivity index (χ1v) is 9.24. The first-order valence-electron chi connectivity index (χ1n) is 8.07. The van der Waals surface area contributed by atoms with Crippen LogP contribution in [0.1, 0.15) is 23.1 Å². The molecule has 0 spiro atoms. The van der Waals surface area contributed by atoms with Gasteiger partial charge in [0.25, 0.3) is 0 Å². The summed E-state index contributed by atoms with van der Waals surface area (Å²) in [5, 5.41) is 6.31. The minimum atomic E-state index is -0.211. The molecule has 2 aromatic carbocycles. The Morgan fingerprint density at radius 3 is 2.48 bits per heavy atom. The third-order valence-electron chi connectivity index (χ3n) is 3.67. The summed E-state index contributed by atoms with van der Waals surface area (Å²) in [6.45, 7) is 7.02. The van der Waals surface area contributed by atoms with Crippen LogP contribution in [-0.4, -0.2) is 19.2 Å². The Labute approximate surface area is 162 Å². The molecule has 0 atom stereocenters. The first kappa shape index (κ1) is 19.6. The fourth-order valence-corrected chi connectivity index (χ4v) is 3.31. The maximum Gasteiger partial charge on any atom is 0.319 e. The number of urea groups is 1. The molecule has 4 nitrogen and oxygen atoms in total. The van der Waals surface area contributed by atoms with Gasteiger partial charge in [-0.05, 0) is 56.5 Å². The average Bonchev–Trinajstić information content (AvgIpc) is 2.52. The van der Waals surface area contributed by atoms with Crippen molar-refractivity contribution in [3.05, 3.63) is 56.5 Å². The van der Waals surface area contributed by atoms with Gasteiger partial charge in [-0.3, -0.25) is 0 Å². The number of hydrogen-bond donors (Lipinski definition) is 2. The molecule has 0 aliphatic rings. The average molecular weight is 426 g/mol. The van der Waals surface area contributed by atoms with E-state index in [1.807, 2.05) is 32.9 Å². The van der Waals surface area contributed by atoms with Crippen LogP contribution in [0.4, 0.5) is 10.5 Å². The molecule has 6 heteroatoms. The van der Waals surface area contributed by atoms with Crippen LogP contribution in [0.2, 0.25) is 5.02 Å². The maximum atomic E-state index is 12.0. The molecule has 0 heterocycles. The summed E-state index contributed by atoms with van der Waals surface area (Å²) < 4.78 is 6.53. The van der Waals surface area contributed by atoms with Crippen LogP contribution in [0.25, 0.3) is 0 Å². The van der Waals surface area contributed by atoms with Crippen molar-refractivity contribution in [3.8, 4) is 5.75 Å². The molecule has 0 aliphatic heterocycles. The summed E-state index contributed by atoms with van der Waals surface area (Å²) in [5.74, 6) is 0.639. The second-order valence-corrected chi connectivity index (χ2v) is 7.25. The van der Waals surface area contributed by atoms with Crippen LogP contribution >= 0.6 is 27.5 Å². The summed E-state index contributed by atoms with van der Waals surface area (Å²) in [5.41, 5.74) is 4.16. The highest BCUT2D eigenvalue weighted by atomic mass is 79.9. The second kappa shape index (κ2) is 9.11. The van der Waals surface area contributed by atoms with Gasteiger partial charge in [-0.15, -0.1) is 0 Å². The molecule has 2 rings (SSSR count). The Bertz CT molecular complexity index is 742. The monoisotopic (exact) mass is 424 g/mol. The minimum absolute atomic E-state index is 0.211. The third kappa shape index (κ3) is 5.94. The Morgan fingerprint density at radius 2 is 1.84 bits per heavy atom. The lowest BCUT2D eigenvalue weighted by atomic mass is 10.1. The zero-order valence-electron chi connectivity index (χ0n) is 14.6. The summed E-state index contributed by atoms with van der Waals surface area (Å²) in [7, 11) is 0. The molecule has 0 fully saturated rings. The van der Waals surface area contributed by atoms with Crippen molar-refractivity contribution in [3.63, 3.8) is 0 Å². The number of anilines is 1. The predicted octanol–water partition coefficient (Wildman–Crippen LogP) is 5.62. The molecular formula is C19H22BrClN2O2. The summed E-state index contributed by atoms with van der Waals surface area (Å²) in [6.07, 6.45) is 0.686. The van der Waals surface area contributed by atoms with Gasteiger partial charge < -0.3 is 15.4 Å². The van der Waals surface area contributed by atoms with Crippen molar-refractivity contribution in [1.82, 2.24) is 5.32 Å². The molecule has 2 N–H and O–H groups in total. The van der Waals surface area contributed by atoms with Gasteiger partial charge in [0.15, 0.2) is 0 Å². The molecule has 25 heavy (non-hydrogen) atoms. The normalized spacial score (nSPS) is 10.4. The Balaban J connectivity index is 1.74. The quantitative estimate of drug-likeness (QED) is 0.590. The van der Waals surface area contributed by atoms with Crippen LogP contribution in [-0.2, 0) is 0 Å². The molecule has 0 aromatic heterocycles. The Kier molecular flexibility index (Phi) is 7.14. The van der Waals surface area contributed by atoms with E-state index >= 15 is 0 Å². The van der Waals surface area contributed by atoms with Crippen molar-refractivity contribution in [1.29, 1.82) is 0 Å². The number of carbonyl (C=O) groups excluding carboxylic acids is 1. The number of halogens is 2.